The van der Waals surface area contributed by atoms with Crippen LogP contribution in [0.1, 0.15) is 81.1 Å². The van der Waals surface area contributed by atoms with Crippen molar-refractivity contribution in [1.82, 2.24) is 29.9 Å². The van der Waals surface area contributed by atoms with Crippen LogP contribution in [0.5, 0.6) is 0 Å². The molecular weight excluding hydrogens is 794 g/mol. The minimum absolute atomic E-state index is 0.105. The number of rotatable bonds is 12. The van der Waals surface area contributed by atoms with Gasteiger partial charge in [0.1, 0.15) is 25.4 Å². The maximum Gasteiger partial charge on any atom is 0.425 e. The first-order valence-corrected chi connectivity index (χ1v) is 21.2. The number of nitrogens with zero attached hydrogens (tertiary/aromatic N) is 6. The summed E-state index contributed by atoms with van der Waals surface area (Å²) in [7, 11) is 6.55. The normalized spacial score (nSPS) is 37.3. The molecule has 2 aromatic heterocycles. The van der Waals surface area contributed by atoms with Crippen molar-refractivity contribution in [3.8, 4) is 11.3 Å². The van der Waals surface area contributed by atoms with Crippen molar-refractivity contribution in [2.75, 3.05) is 34.9 Å². The lowest BCUT2D eigenvalue weighted by atomic mass is 9.73. The van der Waals surface area contributed by atoms with Gasteiger partial charge in [0.2, 0.25) is 0 Å². The second kappa shape index (κ2) is 19.5. The Morgan fingerprint density at radius 1 is 1.11 bits per heavy atom. The molecule has 13 atom stereocenters. The molecule has 18 heteroatoms. The highest BCUT2D eigenvalue weighted by Gasteiger charge is 2.62. The van der Waals surface area contributed by atoms with Crippen LogP contribution in [-0.4, -0.2) is 148 Å². The molecule has 0 bridgehead atoms. The number of ether oxygens (including phenoxy) is 5. The molecule has 3 fully saturated rings. The van der Waals surface area contributed by atoms with E-state index in [0.29, 0.717) is 31.6 Å². The third kappa shape index (κ3) is 9.94. The number of Topliss-reactive ketones (excluding diaryl/α,β-unsaturated/α-hetero) is 1. The highest BCUT2D eigenvalue weighted by molar-refractivity contribution is 6.08. The van der Waals surface area contributed by atoms with E-state index < -0.39 is 83.1 Å². The van der Waals surface area contributed by atoms with E-state index >= 15 is 4.39 Å². The van der Waals surface area contributed by atoms with Crippen LogP contribution in [0, 0.1) is 17.8 Å². The molecule has 3 saturated heterocycles. The smallest absolute Gasteiger partial charge is 0.425 e. The van der Waals surface area contributed by atoms with Gasteiger partial charge in [0, 0.05) is 68.1 Å². The summed E-state index contributed by atoms with van der Waals surface area (Å²) in [6, 6.07) is 2.54. The maximum absolute atomic E-state index is 17.0. The molecule has 0 radical (unpaired) electrons. The highest BCUT2D eigenvalue weighted by atomic mass is 19.1. The summed E-state index contributed by atoms with van der Waals surface area (Å²) in [5, 5.41) is 17.4. The maximum atomic E-state index is 17.0. The fourth-order valence-electron chi connectivity index (χ4n) is 9.43. The number of aliphatic hydroxyl groups excluding tert-OH is 1. The van der Waals surface area contributed by atoms with Crippen LogP contribution < -0.4 is 5.43 Å². The number of likely N-dealkylation sites (N-methyl/N-ethyl adjacent to an activating group) is 1. The lowest BCUT2D eigenvalue weighted by Crippen LogP contribution is -2.62. The van der Waals surface area contributed by atoms with E-state index in [0.717, 1.165) is 18.2 Å². The van der Waals surface area contributed by atoms with Crippen molar-refractivity contribution in [1.29, 1.82) is 0 Å². The van der Waals surface area contributed by atoms with Crippen LogP contribution in [0.25, 0.3) is 11.3 Å². The van der Waals surface area contributed by atoms with Gasteiger partial charge in [-0.15, -0.1) is 0 Å². The van der Waals surface area contributed by atoms with Crippen molar-refractivity contribution in [3.63, 3.8) is 0 Å². The van der Waals surface area contributed by atoms with Gasteiger partial charge < -0.3 is 43.1 Å². The number of aliphatic hydroxyl groups is 1. The fraction of sp³-hybridized carbons (Fsp3) is 0.721. The molecule has 1 amide bonds. The average Bonchev–Trinajstić information content (AvgIpc) is 3.80. The van der Waals surface area contributed by atoms with Crippen molar-refractivity contribution in [3.05, 3.63) is 37.1 Å². The quantitative estimate of drug-likeness (QED) is 0.131. The Kier molecular flexibility index (Phi) is 15.4. The predicted octanol–water partition coefficient (Wildman–Crippen LogP) is 4.57. The van der Waals surface area contributed by atoms with Gasteiger partial charge in [-0.3, -0.25) is 9.78 Å². The minimum atomic E-state index is -3.17. The Labute approximate surface area is 358 Å². The first-order valence-electron chi connectivity index (χ1n) is 21.2. The van der Waals surface area contributed by atoms with Gasteiger partial charge in [-0.2, -0.15) is 0 Å². The Hall–Kier alpha value is -4.07. The van der Waals surface area contributed by atoms with E-state index in [-0.39, 0.29) is 25.0 Å². The first-order chi connectivity index (χ1) is 28.7. The molecular formula is C43H66FN7O10. The van der Waals surface area contributed by atoms with Crippen LogP contribution in [0.15, 0.2) is 42.2 Å². The molecule has 0 unspecified atom stereocenters. The topological polar surface area (TPSA) is 188 Å². The van der Waals surface area contributed by atoms with Crippen molar-refractivity contribution >= 4 is 23.6 Å². The van der Waals surface area contributed by atoms with Gasteiger partial charge in [0.15, 0.2) is 17.7 Å². The number of oxime groups is 1. The summed E-state index contributed by atoms with van der Waals surface area (Å²) in [6.45, 7) is 14.0. The molecule has 0 aliphatic carbocycles. The number of carbonyl (C=O) groups excluding carboxylic acids is 3. The lowest BCUT2D eigenvalue weighted by molar-refractivity contribution is -0.295. The summed E-state index contributed by atoms with van der Waals surface area (Å²) < 4.78 is 49.9. The number of amides is 1. The summed E-state index contributed by atoms with van der Waals surface area (Å²) in [5.41, 5.74) is -0.686. The number of halogens is 1. The molecule has 5 rings (SSSR count). The molecule has 0 spiro atoms. The number of aryl methyl sites for hydroxylation is 1. The summed E-state index contributed by atoms with van der Waals surface area (Å²) in [6.07, 6.45) is 2.54. The van der Waals surface area contributed by atoms with Gasteiger partial charge in [-0.05, 0) is 79.6 Å². The van der Waals surface area contributed by atoms with Crippen LogP contribution in [0.2, 0.25) is 0 Å². The van der Waals surface area contributed by atoms with Gasteiger partial charge in [-0.1, -0.05) is 32.9 Å². The van der Waals surface area contributed by atoms with Crippen LogP contribution in [0.3, 0.4) is 0 Å². The molecule has 61 heavy (non-hydrogen) atoms. The predicted molar refractivity (Wildman–Crippen MR) is 223 cm³/mol. The molecule has 340 valence electrons. The van der Waals surface area contributed by atoms with Crippen molar-refractivity contribution in [2.24, 2.45) is 22.9 Å². The number of hydrazine groups is 1. The molecule has 17 nitrogen and oxygen atoms in total. The number of nitrogens with one attached hydrogen (secondary N) is 1. The van der Waals surface area contributed by atoms with Gasteiger partial charge >= 0.3 is 12.1 Å². The zero-order chi connectivity index (χ0) is 45.0. The highest BCUT2D eigenvalue weighted by Crippen LogP contribution is 2.43. The molecule has 0 saturated carbocycles. The lowest BCUT2D eigenvalue weighted by Gasteiger charge is -2.47. The molecule has 3 aliphatic heterocycles. The number of aromatic nitrogens is 3. The summed E-state index contributed by atoms with van der Waals surface area (Å²) >= 11 is 0. The number of pyridine rings is 1. The van der Waals surface area contributed by atoms with Crippen LogP contribution in [-0.2, 0) is 44.7 Å². The molecule has 2 aromatic rings. The third-order valence-corrected chi connectivity index (χ3v) is 12.8. The van der Waals surface area contributed by atoms with Crippen LogP contribution >= 0.6 is 0 Å². The van der Waals surface area contributed by atoms with E-state index in [4.69, 9.17) is 28.5 Å². The average molecular weight is 860 g/mol. The second-order valence-corrected chi connectivity index (χ2v) is 17.6. The number of cyclic esters (lactones) is 1. The number of ketones is 1. The molecule has 0 aromatic carbocycles. The van der Waals surface area contributed by atoms with E-state index in [1.54, 1.807) is 39.5 Å². The standard InChI is InChI=1S/C43H66FN7O10/c1-13-32-43(8)35(51(40(55)61-43)47-18-15-19-50-23-30(46-24-50)29-16-14-17-45-22-29)27(4)33(48-57-12)25(2)21-41(6,56-11)37(28(5)36(53)42(7,44)39(54)59-32)60-38-34(52)31(49(9)10)20-26(3)58-38/h14,16-17,22-28,31-32,34-35,37-38,47,52H,13,15,18-21H2,1-12H3/b48-33+/t25-,26-,27-,28+,31+,32+,34-,35-,37-,38+,41+,42+,43-/m1/s1. The van der Waals surface area contributed by atoms with E-state index in [1.165, 1.54) is 26.2 Å². The second-order valence-electron chi connectivity index (χ2n) is 17.6. The number of alkyl halides is 1. The van der Waals surface area contributed by atoms with Gasteiger partial charge in [0.25, 0.3) is 5.67 Å². The number of hydrogen-bond acceptors (Lipinski definition) is 15. The number of hydrogen-bond donors (Lipinski definition) is 2. The number of imidazole rings is 1. The Balaban J connectivity index is 1.51. The fourth-order valence-corrected chi connectivity index (χ4v) is 9.43. The molecule has 2 N–H and O–H groups in total. The minimum Gasteiger partial charge on any atom is -0.455 e. The SMILES string of the molecule is CC[C@@H]1OC(=O)[C@@](C)(F)C(=O)[C@H](C)[C@@H](O[C@@H]2O[C@H](C)C[C@H](N(C)C)[C@H]2O)[C@@](C)(OC)C[C@@H](C)/C(=N\OC)[C@@H](C)[C@H]2N(NCCCn3cnc(-c4cccnc4)c3)C(=O)O[C@]12C. The Bertz CT molecular complexity index is 1850. The monoisotopic (exact) mass is 859 g/mol. The summed E-state index contributed by atoms with van der Waals surface area (Å²) in [5.74, 6) is -5.01. The van der Waals surface area contributed by atoms with Crippen LogP contribution in [0.4, 0.5) is 9.18 Å². The first kappa shape index (κ1) is 48.0. The zero-order valence-electron chi connectivity index (χ0n) is 37.7. The van der Waals surface area contributed by atoms with E-state index in [2.05, 4.69) is 20.5 Å². The third-order valence-electron chi connectivity index (χ3n) is 12.8. The van der Waals surface area contributed by atoms with Gasteiger partial charge in [-0.25, -0.2) is 29.4 Å². The summed E-state index contributed by atoms with van der Waals surface area (Å²) in [4.78, 5) is 58.4. The number of methoxy groups -OCH3 is 1. The number of carbonyl (C=O) groups is 3. The zero-order valence-corrected chi connectivity index (χ0v) is 37.7. The van der Waals surface area contributed by atoms with Gasteiger partial charge in [0.05, 0.1) is 35.5 Å². The largest absolute Gasteiger partial charge is 0.455 e. The molecule has 5 heterocycles. The van der Waals surface area contributed by atoms with E-state index in [9.17, 15) is 19.5 Å². The molecule has 3 aliphatic rings. The number of esters is 1. The Morgan fingerprint density at radius 3 is 2.46 bits per heavy atom. The number of fused-ring (bicyclic) bond motifs is 1. The van der Waals surface area contributed by atoms with E-state index in [1.807, 2.05) is 62.7 Å². The Morgan fingerprint density at radius 2 is 1.84 bits per heavy atom. The van der Waals surface area contributed by atoms with Crippen molar-refractivity contribution in [2.45, 2.75) is 147 Å². The van der Waals surface area contributed by atoms with Crippen molar-refractivity contribution < 1.29 is 52.4 Å².